The van der Waals surface area contributed by atoms with E-state index in [9.17, 15) is 9.59 Å². The van der Waals surface area contributed by atoms with E-state index in [1.807, 2.05) is 18.2 Å². The summed E-state index contributed by atoms with van der Waals surface area (Å²) >= 11 is 0. The third-order valence-electron chi connectivity index (χ3n) is 3.30. The van der Waals surface area contributed by atoms with Crippen molar-refractivity contribution < 1.29 is 23.8 Å². The van der Waals surface area contributed by atoms with Gasteiger partial charge >= 0.3 is 5.97 Å². The van der Waals surface area contributed by atoms with Crippen LogP contribution in [0.4, 0.5) is 0 Å². The van der Waals surface area contributed by atoms with Crippen molar-refractivity contribution in [1.82, 2.24) is 10.3 Å². The number of carbonyl (C=O) groups is 2. The molecule has 0 radical (unpaired) electrons. The number of amides is 1. The number of carbonyl (C=O) groups excluding carboxylic acids is 2. The smallest absolute Gasteiger partial charge is 0.357 e. The molecule has 1 aromatic heterocycles. The lowest BCUT2D eigenvalue weighted by Gasteiger charge is -2.26. The van der Waals surface area contributed by atoms with Gasteiger partial charge in [-0.3, -0.25) is 4.79 Å². The zero-order valence-electron chi connectivity index (χ0n) is 12.8. The van der Waals surface area contributed by atoms with Gasteiger partial charge in [-0.15, -0.1) is 0 Å². The predicted molar refractivity (Wildman–Crippen MR) is 83.9 cm³/mol. The van der Waals surface area contributed by atoms with Gasteiger partial charge in [0.15, 0.2) is 18.1 Å². The van der Waals surface area contributed by atoms with E-state index in [0.717, 1.165) is 0 Å². The van der Waals surface area contributed by atoms with E-state index < -0.39 is 11.9 Å². The Bertz CT molecular complexity index is 720. The largest absolute Gasteiger partial charge is 0.486 e. The fourth-order valence-electron chi connectivity index (χ4n) is 2.13. The zero-order chi connectivity index (χ0) is 16.8. The molecule has 1 atom stereocenters. The summed E-state index contributed by atoms with van der Waals surface area (Å²) in [4.78, 5) is 27.3. The number of nitrogens with zero attached hydrogens (tertiary/aromatic N) is 1. The van der Waals surface area contributed by atoms with Gasteiger partial charge in [0.1, 0.15) is 18.4 Å². The van der Waals surface area contributed by atoms with Crippen molar-refractivity contribution >= 4 is 11.9 Å². The summed E-state index contributed by atoms with van der Waals surface area (Å²) < 4.78 is 16.2. The molecule has 0 saturated heterocycles. The number of hydrogen-bond donors (Lipinski definition) is 1. The third kappa shape index (κ3) is 4.01. The maximum absolute atomic E-state index is 11.8. The van der Waals surface area contributed by atoms with Crippen molar-refractivity contribution in [3.8, 4) is 11.5 Å². The number of esters is 1. The molecule has 0 aliphatic carbocycles. The van der Waals surface area contributed by atoms with Gasteiger partial charge in [0.2, 0.25) is 0 Å². The predicted octanol–water partition coefficient (Wildman–Crippen LogP) is 1.19. The van der Waals surface area contributed by atoms with Crippen molar-refractivity contribution in [2.45, 2.75) is 6.10 Å². The maximum atomic E-state index is 11.8. The quantitative estimate of drug-likeness (QED) is 0.830. The lowest BCUT2D eigenvalue weighted by molar-refractivity contribution is -0.124. The van der Waals surface area contributed by atoms with E-state index in [-0.39, 0.29) is 24.9 Å². The Hall–Kier alpha value is -3.09. The molecule has 1 aliphatic rings. The van der Waals surface area contributed by atoms with Gasteiger partial charge in [-0.1, -0.05) is 18.2 Å². The van der Waals surface area contributed by atoms with Crippen LogP contribution in [0.1, 0.15) is 10.5 Å². The van der Waals surface area contributed by atoms with Crippen molar-refractivity contribution in [1.29, 1.82) is 0 Å². The van der Waals surface area contributed by atoms with Crippen molar-refractivity contribution in [3.63, 3.8) is 0 Å². The van der Waals surface area contributed by atoms with Crippen LogP contribution in [0.2, 0.25) is 0 Å². The molecule has 0 saturated carbocycles. The second-order valence-electron chi connectivity index (χ2n) is 5.09. The van der Waals surface area contributed by atoms with E-state index in [1.165, 1.54) is 12.3 Å². The SMILES string of the molecule is O=C(COC(=O)c1ccccn1)NC[C@H]1COc2ccccc2O1. The Labute approximate surface area is 138 Å². The Morgan fingerprint density at radius 3 is 2.75 bits per heavy atom. The van der Waals surface area contributed by atoms with E-state index in [0.29, 0.717) is 18.1 Å². The Balaban J connectivity index is 1.41. The average molecular weight is 328 g/mol. The monoisotopic (exact) mass is 328 g/mol. The minimum atomic E-state index is -0.642. The first-order valence-corrected chi connectivity index (χ1v) is 7.46. The number of benzene rings is 1. The molecule has 124 valence electrons. The van der Waals surface area contributed by atoms with E-state index in [1.54, 1.807) is 18.2 Å². The highest BCUT2D eigenvalue weighted by atomic mass is 16.6. The van der Waals surface area contributed by atoms with E-state index >= 15 is 0 Å². The van der Waals surface area contributed by atoms with Crippen molar-refractivity contribution in [2.75, 3.05) is 19.8 Å². The van der Waals surface area contributed by atoms with E-state index in [4.69, 9.17) is 14.2 Å². The lowest BCUT2D eigenvalue weighted by atomic mass is 10.2. The molecule has 1 aromatic carbocycles. The topological polar surface area (TPSA) is 86.8 Å². The molecule has 0 bridgehead atoms. The van der Waals surface area contributed by atoms with Crippen LogP contribution < -0.4 is 14.8 Å². The van der Waals surface area contributed by atoms with Gasteiger partial charge in [-0.05, 0) is 24.3 Å². The average Bonchev–Trinajstić information content (AvgIpc) is 2.65. The molecule has 0 unspecified atom stereocenters. The molecule has 7 heteroatoms. The lowest BCUT2D eigenvalue weighted by Crippen LogP contribution is -2.42. The van der Waals surface area contributed by atoms with E-state index in [2.05, 4.69) is 10.3 Å². The number of pyridine rings is 1. The molecule has 24 heavy (non-hydrogen) atoms. The number of para-hydroxylation sites is 2. The Morgan fingerprint density at radius 2 is 1.96 bits per heavy atom. The second kappa shape index (κ2) is 7.45. The van der Waals surface area contributed by atoms with Crippen LogP contribution in [-0.4, -0.2) is 42.7 Å². The number of rotatable bonds is 5. The van der Waals surface area contributed by atoms with Crippen LogP contribution in [0.5, 0.6) is 11.5 Å². The highest BCUT2D eigenvalue weighted by Gasteiger charge is 2.21. The second-order valence-corrected chi connectivity index (χ2v) is 5.09. The Kier molecular flexibility index (Phi) is 4.90. The van der Waals surface area contributed by atoms with Gasteiger partial charge in [-0.25, -0.2) is 9.78 Å². The number of hydrogen-bond acceptors (Lipinski definition) is 6. The number of nitrogens with one attached hydrogen (secondary N) is 1. The van der Waals surface area contributed by atoms with Crippen LogP contribution >= 0.6 is 0 Å². The summed E-state index contributed by atoms with van der Waals surface area (Å²) in [5, 5.41) is 2.65. The van der Waals surface area contributed by atoms with Crippen LogP contribution in [0, 0.1) is 0 Å². The number of fused-ring (bicyclic) bond motifs is 1. The highest BCUT2D eigenvalue weighted by molar-refractivity contribution is 5.89. The summed E-state index contributed by atoms with van der Waals surface area (Å²) in [5.41, 5.74) is 0.158. The molecular weight excluding hydrogens is 312 g/mol. The maximum Gasteiger partial charge on any atom is 0.357 e. The van der Waals surface area contributed by atoms with Crippen molar-refractivity contribution in [3.05, 3.63) is 54.4 Å². The van der Waals surface area contributed by atoms with Gasteiger partial charge in [0, 0.05) is 6.20 Å². The van der Waals surface area contributed by atoms with Crippen LogP contribution in [-0.2, 0) is 9.53 Å². The first kappa shape index (κ1) is 15.8. The highest BCUT2D eigenvalue weighted by Crippen LogP contribution is 2.30. The molecule has 7 nitrogen and oxygen atoms in total. The zero-order valence-corrected chi connectivity index (χ0v) is 12.8. The van der Waals surface area contributed by atoms with Crippen LogP contribution in [0.25, 0.3) is 0 Å². The summed E-state index contributed by atoms with van der Waals surface area (Å²) in [6.45, 7) is 0.221. The molecule has 1 amide bonds. The van der Waals surface area contributed by atoms with Gasteiger partial charge in [0.05, 0.1) is 6.54 Å². The standard InChI is InChI=1S/C17H16N2O5/c20-16(11-23-17(21)13-5-3-4-8-18-13)19-9-12-10-22-14-6-1-2-7-15(14)24-12/h1-8,12H,9-11H2,(H,19,20)/t12-/m0/s1. The van der Waals surface area contributed by atoms with Gasteiger partial charge in [-0.2, -0.15) is 0 Å². The normalized spacial score (nSPS) is 15.4. The Morgan fingerprint density at radius 1 is 1.17 bits per heavy atom. The number of ether oxygens (including phenoxy) is 3. The molecule has 2 heterocycles. The first-order valence-electron chi connectivity index (χ1n) is 7.46. The summed E-state index contributed by atoms with van der Waals surface area (Å²) in [6.07, 6.45) is 1.19. The van der Waals surface area contributed by atoms with Crippen LogP contribution in [0.3, 0.4) is 0 Å². The minimum absolute atomic E-state index is 0.158. The molecule has 2 aromatic rings. The summed E-state index contributed by atoms with van der Waals surface area (Å²) in [6, 6.07) is 12.2. The van der Waals surface area contributed by atoms with Crippen molar-refractivity contribution in [2.24, 2.45) is 0 Å². The molecule has 1 N–H and O–H groups in total. The molecule has 3 rings (SSSR count). The fourth-order valence-corrected chi connectivity index (χ4v) is 2.13. The van der Waals surface area contributed by atoms with Crippen LogP contribution in [0.15, 0.2) is 48.7 Å². The first-order chi connectivity index (χ1) is 11.7. The molecule has 0 fully saturated rings. The fraction of sp³-hybridized carbons (Fsp3) is 0.235. The molecule has 0 spiro atoms. The van der Waals surface area contributed by atoms with Gasteiger partial charge < -0.3 is 19.5 Å². The molecular formula is C17H16N2O5. The van der Waals surface area contributed by atoms with Gasteiger partial charge in [0.25, 0.3) is 5.91 Å². The third-order valence-corrected chi connectivity index (χ3v) is 3.30. The summed E-state index contributed by atoms with van der Waals surface area (Å²) in [7, 11) is 0. The summed E-state index contributed by atoms with van der Waals surface area (Å²) in [5.74, 6) is 0.271. The number of aromatic nitrogens is 1. The minimum Gasteiger partial charge on any atom is -0.486 e. The molecule has 1 aliphatic heterocycles.